The van der Waals surface area contributed by atoms with Crippen LogP contribution in [-0.4, -0.2) is 32.3 Å². The normalized spacial score (nSPS) is 13.8. The minimum absolute atomic E-state index is 0.0648. The summed E-state index contributed by atoms with van der Waals surface area (Å²) < 4.78 is 20.1. The van der Waals surface area contributed by atoms with Crippen LogP contribution < -0.4 is 10.6 Å². The van der Waals surface area contributed by atoms with Gasteiger partial charge in [-0.3, -0.25) is 14.4 Å². The lowest BCUT2D eigenvalue weighted by Gasteiger charge is -2.18. The van der Waals surface area contributed by atoms with Gasteiger partial charge in [0.1, 0.15) is 17.6 Å². The van der Waals surface area contributed by atoms with Gasteiger partial charge in [-0.15, -0.1) is 0 Å². The van der Waals surface area contributed by atoms with E-state index in [9.17, 15) is 18.8 Å². The summed E-state index contributed by atoms with van der Waals surface area (Å²) in [4.78, 5) is 43.0. The van der Waals surface area contributed by atoms with Crippen molar-refractivity contribution < 1.29 is 23.3 Å². The first kappa shape index (κ1) is 23.9. The quantitative estimate of drug-likeness (QED) is 0.379. The van der Waals surface area contributed by atoms with Gasteiger partial charge in [0, 0.05) is 17.9 Å². The number of Topliss-reactive ketones (excluding diaryl/α,β-unsaturated/α-hetero) is 1. The Morgan fingerprint density at radius 1 is 1.24 bits per heavy atom. The lowest BCUT2D eigenvalue weighted by atomic mass is 10.1. The maximum Gasteiger partial charge on any atom is 0.294 e. The molecule has 0 saturated carbocycles. The van der Waals surface area contributed by atoms with Gasteiger partial charge in [-0.05, 0) is 51.3 Å². The van der Waals surface area contributed by atoms with E-state index in [1.807, 2.05) is 0 Å². The number of hydrogen-bond acceptors (Lipinski definition) is 6. The molecule has 1 aliphatic rings. The number of amides is 2. The Morgan fingerprint density at radius 3 is 2.68 bits per heavy atom. The van der Waals surface area contributed by atoms with E-state index in [-0.39, 0.29) is 32.9 Å². The molecule has 1 unspecified atom stereocenters. The Bertz CT molecular complexity index is 1300. The molecule has 2 N–H and O–H groups in total. The van der Waals surface area contributed by atoms with Gasteiger partial charge in [0.05, 0.1) is 15.6 Å². The number of rotatable bonds is 6. The summed E-state index contributed by atoms with van der Waals surface area (Å²) in [5.74, 6) is -2.48. The van der Waals surface area contributed by atoms with Gasteiger partial charge in [-0.2, -0.15) is 4.98 Å². The second kappa shape index (κ2) is 9.55. The van der Waals surface area contributed by atoms with Crippen LogP contribution in [0, 0.1) is 12.7 Å². The number of hydrogen-bond donors (Lipinski definition) is 2. The third-order valence-electron chi connectivity index (χ3n) is 5.44. The number of anilines is 1. The highest BCUT2D eigenvalue weighted by Crippen LogP contribution is 2.34. The number of carbonyl (C=O) groups is 3. The zero-order valence-corrected chi connectivity index (χ0v) is 19.8. The minimum atomic E-state index is -0.923. The number of aryl methyl sites for hydroxylation is 1. The fourth-order valence-corrected chi connectivity index (χ4v) is 4.41. The van der Waals surface area contributed by atoms with Crippen molar-refractivity contribution >= 4 is 46.5 Å². The monoisotopic (exact) mass is 507 g/mol. The molecular formula is C22H20Cl2FN5O4. The van der Waals surface area contributed by atoms with Crippen LogP contribution in [0.25, 0.3) is 0 Å². The molecule has 0 saturated heterocycles. The first-order valence-electron chi connectivity index (χ1n) is 10.5. The van der Waals surface area contributed by atoms with Crippen LogP contribution in [0.15, 0.2) is 22.7 Å². The Balaban J connectivity index is 1.63. The number of benzene rings is 1. The number of aromatic nitrogens is 3. The predicted octanol–water partition coefficient (Wildman–Crippen LogP) is 4.27. The number of carbonyl (C=O) groups excluding carboxylic acids is 3. The van der Waals surface area contributed by atoms with Gasteiger partial charge in [0.2, 0.25) is 5.89 Å². The van der Waals surface area contributed by atoms with Crippen LogP contribution in [0.5, 0.6) is 0 Å². The van der Waals surface area contributed by atoms with E-state index in [1.165, 1.54) is 12.1 Å². The van der Waals surface area contributed by atoms with Crippen molar-refractivity contribution in [1.29, 1.82) is 0 Å². The largest absolute Gasteiger partial charge is 0.340 e. The van der Waals surface area contributed by atoms with Crippen molar-refractivity contribution in [2.75, 3.05) is 5.32 Å². The number of nitrogens with zero attached hydrogens (tertiary/aromatic N) is 3. The van der Waals surface area contributed by atoms with E-state index in [0.717, 1.165) is 18.9 Å². The molecule has 0 spiro atoms. The van der Waals surface area contributed by atoms with Gasteiger partial charge in [-0.25, -0.2) is 4.39 Å². The second-order valence-electron chi connectivity index (χ2n) is 7.88. The van der Waals surface area contributed by atoms with E-state index in [0.29, 0.717) is 24.5 Å². The fourth-order valence-electron chi connectivity index (χ4n) is 3.84. The summed E-state index contributed by atoms with van der Waals surface area (Å²) in [5.41, 5.74) is 0.847. The summed E-state index contributed by atoms with van der Waals surface area (Å²) in [5, 5.41) is 8.54. The molecule has 4 rings (SSSR count). The van der Waals surface area contributed by atoms with Crippen LogP contribution in [0.3, 0.4) is 0 Å². The average Bonchev–Trinajstić information content (AvgIpc) is 3.36. The standard InChI is InChI=1S/C22H20Cl2FN5O4/c1-10(22-27-11(2)29-34-22)26-21(33)19(31)18-17(24)16(15-5-3-4-8-30(15)18)20(32)28-12-6-7-14(25)13(23)9-12/h6-7,9-10H,3-5,8H2,1-2H3,(H,26,33)(H,28,32). The highest BCUT2D eigenvalue weighted by molar-refractivity contribution is 6.48. The van der Waals surface area contributed by atoms with Crippen LogP contribution in [-0.2, 0) is 17.8 Å². The maximum atomic E-state index is 13.5. The first-order valence-corrected chi connectivity index (χ1v) is 11.3. The van der Waals surface area contributed by atoms with Crippen molar-refractivity contribution in [3.63, 3.8) is 0 Å². The third kappa shape index (κ3) is 4.55. The summed E-state index contributed by atoms with van der Waals surface area (Å²) in [6.45, 7) is 3.66. The zero-order chi connectivity index (χ0) is 24.6. The lowest BCUT2D eigenvalue weighted by Crippen LogP contribution is -2.35. The molecule has 1 atom stereocenters. The molecule has 0 bridgehead atoms. The van der Waals surface area contributed by atoms with Crippen molar-refractivity contribution in [3.8, 4) is 0 Å². The smallest absolute Gasteiger partial charge is 0.294 e. The highest BCUT2D eigenvalue weighted by Gasteiger charge is 2.34. The molecule has 0 aliphatic carbocycles. The fraction of sp³-hybridized carbons (Fsp3) is 0.318. The van der Waals surface area contributed by atoms with Gasteiger partial charge < -0.3 is 19.7 Å². The SMILES string of the molecule is Cc1noc(C(C)NC(=O)C(=O)c2c(Cl)c(C(=O)Nc3ccc(F)c(Cl)c3)c3n2CCCC3)n1. The van der Waals surface area contributed by atoms with Gasteiger partial charge in [0.25, 0.3) is 17.6 Å². The maximum absolute atomic E-state index is 13.5. The molecule has 1 aromatic carbocycles. The average molecular weight is 508 g/mol. The molecule has 2 aromatic heterocycles. The molecular weight excluding hydrogens is 488 g/mol. The minimum Gasteiger partial charge on any atom is -0.340 e. The summed E-state index contributed by atoms with van der Waals surface area (Å²) in [6, 6.07) is 3.04. The van der Waals surface area contributed by atoms with Crippen molar-refractivity contribution in [2.45, 2.75) is 45.7 Å². The molecule has 0 radical (unpaired) electrons. The highest BCUT2D eigenvalue weighted by atomic mass is 35.5. The number of fused-ring (bicyclic) bond motifs is 1. The van der Waals surface area contributed by atoms with Crippen LogP contribution in [0.1, 0.15) is 64.1 Å². The summed E-state index contributed by atoms with van der Waals surface area (Å²) in [7, 11) is 0. The molecule has 9 nitrogen and oxygen atoms in total. The Morgan fingerprint density at radius 2 is 2.00 bits per heavy atom. The van der Waals surface area contributed by atoms with E-state index in [4.69, 9.17) is 27.7 Å². The molecule has 34 heavy (non-hydrogen) atoms. The Hall–Kier alpha value is -3.24. The van der Waals surface area contributed by atoms with Crippen LogP contribution >= 0.6 is 23.2 Å². The van der Waals surface area contributed by atoms with E-state index >= 15 is 0 Å². The molecule has 1 aliphatic heterocycles. The Kier molecular flexibility index (Phi) is 6.72. The predicted molar refractivity (Wildman–Crippen MR) is 122 cm³/mol. The van der Waals surface area contributed by atoms with Gasteiger partial charge >= 0.3 is 0 Å². The number of halogens is 3. The topological polar surface area (TPSA) is 119 Å². The van der Waals surface area contributed by atoms with Gasteiger partial charge in [0.15, 0.2) is 5.82 Å². The Labute approximate surface area is 203 Å². The lowest BCUT2D eigenvalue weighted by molar-refractivity contribution is -0.117. The molecule has 3 aromatic rings. The molecule has 178 valence electrons. The van der Waals surface area contributed by atoms with Gasteiger partial charge in [-0.1, -0.05) is 28.4 Å². The third-order valence-corrected chi connectivity index (χ3v) is 6.10. The van der Waals surface area contributed by atoms with Crippen LogP contribution in [0.4, 0.5) is 10.1 Å². The first-order chi connectivity index (χ1) is 16.2. The number of ketones is 1. The summed E-state index contributed by atoms with van der Waals surface area (Å²) in [6.07, 6.45) is 2.04. The zero-order valence-electron chi connectivity index (χ0n) is 18.2. The second-order valence-corrected chi connectivity index (χ2v) is 8.67. The molecule has 3 heterocycles. The van der Waals surface area contributed by atoms with Crippen molar-refractivity contribution in [2.24, 2.45) is 0 Å². The number of nitrogens with one attached hydrogen (secondary N) is 2. The van der Waals surface area contributed by atoms with E-state index in [2.05, 4.69) is 20.8 Å². The summed E-state index contributed by atoms with van der Waals surface area (Å²) >= 11 is 12.3. The molecule has 0 fully saturated rings. The van der Waals surface area contributed by atoms with E-state index in [1.54, 1.807) is 18.4 Å². The van der Waals surface area contributed by atoms with Crippen LogP contribution in [0.2, 0.25) is 10.0 Å². The molecule has 12 heteroatoms. The van der Waals surface area contributed by atoms with Crippen molar-refractivity contribution in [3.05, 3.63) is 62.7 Å². The van der Waals surface area contributed by atoms with Crippen molar-refractivity contribution in [1.82, 2.24) is 20.0 Å². The molecule has 2 amide bonds. The van der Waals surface area contributed by atoms with E-state index < -0.39 is 29.5 Å².